The maximum absolute atomic E-state index is 12.1. The van der Waals surface area contributed by atoms with Crippen molar-refractivity contribution in [3.63, 3.8) is 0 Å². The van der Waals surface area contributed by atoms with E-state index in [4.69, 9.17) is 9.47 Å². The van der Waals surface area contributed by atoms with E-state index < -0.39 is 10.0 Å². The van der Waals surface area contributed by atoms with Crippen LogP contribution in [0, 0.1) is 0 Å². The smallest absolute Gasteiger partial charge is 0.262 e. The summed E-state index contributed by atoms with van der Waals surface area (Å²) in [6, 6.07) is 13.8. The first kappa shape index (κ1) is 19.0. The summed E-state index contributed by atoms with van der Waals surface area (Å²) in [5.41, 5.74) is 1.18. The van der Waals surface area contributed by atoms with Gasteiger partial charge in [0.1, 0.15) is 0 Å². The minimum atomic E-state index is -3.24. The van der Waals surface area contributed by atoms with Crippen LogP contribution in [0.1, 0.15) is 12.8 Å². The summed E-state index contributed by atoms with van der Waals surface area (Å²) in [5, 5.41) is 2.73. The molecule has 0 aliphatic carbocycles. The summed E-state index contributed by atoms with van der Waals surface area (Å²) < 4.78 is 36.4. The molecule has 0 saturated carbocycles. The Morgan fingerprint density at radius 3 is 2.44 bits per heavy atom. The van der Waals surface area contributed by atoms with Crippen molar-refractivity contribution < 1.29 is 22.7 Å². The molecule has 1 aliphatic rings. The standard InChI is InChI=1S/C19H22N2O5S/c1-25-17-6-2-3-7-18(17)26-14-19(22)20-15-8-10-16(11-9-15)21-12-4-5-13-27(21,23)24/h2-3,6-11H,4-5,12-14H2,1H3,(H,20,22). The van der Waals surface area contributed by atoms with E-state index in [9.17, 15) is 13.2 Å². The van der Waals surface area contributed by atoms with Crippen molar-refractivity contribution in [2.45, 2.75) is 12.8 Å². The fourth-order valence-electron chi connectivity index (χ4n) is 2.87. The number of rotatable bonds is 6. The maximum atomic E-state index is 12.1. The Morgan fingerprint density at radius 1 is 1.07 bits per heavy atom. The molecule has 3 rings (SSSR count). The molecule has 1 saturated heterocycles. The second-order valence-electron chi connectivity index (χ2n) is 6.13. The SMILES string of the molecule is COc1ccccc1OCC(=O)Nc1ccc(N2CCCCS2(=O)=O)cc1. The van der Waals surface area contributed by atoms with Crippen LogP contribution in [0.3, 0.4) is 0 Å². The number of benzene rings is 2. The van der Waals surface area contributed by atoms with Crippen LogP contribution in [0.2, 0.25) is 0 Å². The van der Waals surface area contributed by atoms with Gasteiger partial charge in [0, 0.05) is 12.2 Å². The third-order valence-electron chi connectivity index (χ3n) is 4.22. The highest BCUT2D eigenvalue weighted by molar-refractivity contribution is 7.92. The highest BCUT2D eigenvalue weighted by Crippen LogP contribution is 2.26. The number of hydrogen-bond donors (Lipinski definition) is 1. The number of anilines is 2. The van der Waals surface area contributed by atoms with Gasteiger partial charge in [-0.3, -0.25) is 9.10 Å². The van der Waals surface area contributed by atoms with Gasteiger partial charge in [-0.1, -0.05) is 12.1 Å². The van der Waals surface area contributed by atoms with E-state index in [2.05, 4.69) is 5.32 Å². The minimum Gasteiger partial charge on any atom is -0.493 e. The summed E-state index contributed by atoms with van der Waals surface area (Å²) in [7, 11) is -1.71. The number of methoxy groups -OCH3 is 1. The van der Waals surface area contributed by atoms with E-state index in [-0.39, 0.29) is 18.3 Å². The topological polar surface area (TPSA) is 84.9 Å². The number of para-hydroxylation sites is 2. The molecule has 0 radical (unpaired) electrons. The Labute approximate surface area is 158 Å². The normalized spacial score (nSPS) is 15.8. The third-order valence-corrected chi connectivity index (χ3v) is 6.09. The van der Waals surface area contributed by atoms with Crippen molar-refractivity contribution in [3.05, 3.63) is 48.5 Å². The molecular formula is C19H22N2O5S. The molecule has 1 N–H and O–H groups in total. The molecule has 2 aromatic carbocycles. The number of hydrogen-bond acceptors (Lipinski definition) is 5. The number of sulfonamides is 1. The molecule has 144 valence electrons. The lowest BCUT2D eigenvalue weighted by atomic mass is 10.2. The molecular weight excluding hydrogens is 368 g/mol. The molecule has 7 nitrogen and oxygen atoms in total. The van der Waals surface area contributed by atoms with Crippen molar-refractivity contribution in [2.75, 3.05) is 35.6 Å². The van der Waals surface area contributed by atoms with Crippen LogP contribution < -0.4 is 19.1 Å². The first-order valence-corrected chi connectivity index (χ1v) is 10.3. The molecule has 1 fully saturated rings. The van der Waals surface area contributed by atoms with Crippen LogP contribution in [-0.2, 0) is 14.8 Å². The number of carbonyl (C=O) groups is 1. The van der Waals surface area contributed by atoms with E-state index in [1.54, 1.807) is 42.5 Å². The van der Waals surface area contributed by atoms with Gasteiger partial charge in [-0.2, -0.15) is 0 Å². The van der Waals surface area contributed by atoms with E-state index in [0.29, 0.717) is 35.8 Å². The highest BCUT2D eigenvalue weighted by Gasteiger charge is 2.25. The zero-order valence-electron chi connectivity index (χ0n) is 15.1. The van der Waals surface area contributed by atoms with Crippen LogP contribution in [0.5, 0.6) is 11.5 Å². The molecule has 8 heteroatoms. The van der Waals surface area contributed by atoms with Gasteiger partial charge < -0.3 is 14.8 Å². The number of amides is 1. The number of nitrogens with zero attached hydrogens (tertiary/aromatic N) is 1. The van der Waals surface area contributed by atoms with Gasteiger partial charge in [0.2, 0.25) is 10.0 Å². The molecule has 1 amide bonds. The van der Waals surface area contributed by atoms with Gasteiger partial charge in [0.25, 0.3) is 5.91 Å². The second-order valence-corrected chi connectivity index (χ2v) is 8.14. The summed E-state index contributed by atoms with van der Waals surface area (Å²) in [5.74, 6) is 0.892. The van der Waals surface area contributed by atoms with Crippen molar-refractivity contribution in [3.8, 4) is 11.5 Å². The Kier molecular flexibility index (Phi) is 5.85. The summed E-state index contributed by atoms with van der Waals surface area (Å²) in [6.45, 7) is 0.323. The minimum absolute atomic E-state index is 0.164. The van der Waals surface area contributed by atoms with Crippen molar-refractivity contribution >= 4 is 27.3 Å². The Bertz CT molecular complexity index is 897. The van der Waals surface area contributed by atoms with Crippen LogP contribution >= 0.6 is 0 Å². The van der Waals surface area contributed by atoms with E-state index in [0.717, 1.165) is 6.42 Å². The van der Waals surface area contributed by atoms with E-state index >= 15 is 0 Å². The van der Waals surface area contributed by atoms with Gasteiger partial charge in [-0.05, 0) is 49.2 Å². The zero-order chi connectivity index (χ0) is 19.3. The largest absolute Gasteiger partial charge is 0.493 e. The van der Waals surface area contributed by atoms with Gasteiger partial charge >= 0.3 is 0 Å². The molecule has 27 heavy (non-hydrogen) atoms. The molecule has 1 aliphatic heterocycles. The number of ether oxygens (including phenoxy) is 2. The van der Waals surface area contributed by atoms with Crippen molar-refractivity contribution in [2.24, 2.45) is 0 Å². The van der Waals surface area contributed by atoms with Crippen LogP contribution in [0.4, 0.5) is 11.4 Å². The average Bonchev–Trinajstić information content (AvgIpc) is 2.67. The molecule has 0 bridgehead atoms. The quantitative estimate of drug-likeness (QED) is 0.820. The van der Waals surface area contributed by atoms with Crippen LogP contribution in [-0.4, -0.2) is 40.3 Å². The lowest BCUT2D eigenvalue weighted by molar-refractivity contribution is -0.118. The Morgan fingerprint density at radius 2 is 1.78 bits per heavy atom. The zero-order valence-corrected chi connectivity index (χ0v) is 15.9. The van der Waals surface area contributed by atoms with Gasteiger partial charge in [-0.15, -0.1) is 0 Å². The molecule has 0 unspecified atom stereocenters. The molecule has 0 spiro atoms. The van der Waals surface area contributed by atoms with Crippen LogP contribution in [0.15, 0.2) is 48.5 Å². The summed E-state index contributed by atoms with van der Waals surface area (Å²) in [4.78, 5) is 12.1. The Balaban J connectivity index is 1.58. The first-order chi connectivity index (χ1) is 13.0. The summed E-state index contributed by atoms with van der Waals surface area (Å²) in [6.07, 6.45) is 1.54. The van der Waals surface area contributed by atoms with Crippen LogP contribution in [0.25, 0.3) is 0 Å². The predicted molar refractivity (Wildman–Crippen MR) is 104 cm³/mol. The van der Waals surface area contributed by atoms with Gasteiger partial charge in [-0.25, -0.2) is 8.42 Å². The predicted octanol–water partition coefficient (Wildman–Crippen LogP) is 2.64. The van der Waals surface area contributed by atoms with E-state index in [1.165, 1.54) is 11.4 Å². The third kappa shape index (κ3) is 4.71. The van der Waals surface area contributed by atoms with Crippen molar-refractivity contribution in [1.29, 1.82) is 0 Å². The molecule has 2 aromatic rings. The second kappa shape index (κ2) is 8.30. The van der Waals surface area contributed by atoms with E-state index in [1.807, 2.05) is 6.07 Å². The van der Waals surface area contributed by atoms with Crippen molar-refractivity contribution in [1.82, 2.24) is 0 Å². The lowest BCUT2D eigenvalue weighted by Crippen LogP contribution is -2.37. The maximum Gasteiger partial charge on any atom is 0.262 e. The lowest BCUT2D eigenvalue weighted by Gasteiger charge is -2.28. The number of carbonyl (C=O) groups excluding carboxylic acids is 1. The fourth-order valence-corrected chi connectivity index (χ4v) is 4.51. The summed E-state index contributed by atoms with van der Waals surface area (Å²) >= 11 is 0. The highest BCUT2D eigenvalue weighted by atomic mass is 32.2. The fraction of sp³-hybridized carbons (Fsp3) is 0.316. The van der Waals surface area contributed by atoms with Gasteiger partial charge in [0.15, 0.2) is 18.1 Å². The van der Waals surface area contributed by atoms with Gasteiger partial charge in [0.05, 0.1) is 18.6 Å². The average molecular weight is 390 g/mol. The monoisotopic (exact) mass is 390 g/mol. The molecule has 0 aromatic heterocycles. The first-order valence-electron chi connectivity index (χ1n) is 8.66. The number of nitrogens with one attached hydrogen (secondary N) is 1. The Hall–Kier alpha value is -2.74. The molecule has 1 heterocycles. The molecule has 0 atom stereocenters.